The molecule has 6 nitrogen and oxygen atoms in total. The van der Waals surface area contributed by atoms with Gasteiger partial charge in [0.1, 0.15) is 12.4 Å². The maximum Gasteiger partial charge on any atom is 0.214 e. The molecule has 0 saturated heterocycles. The first-order valence-corrected chi connectivity index (χ1v) is 11.4. The van der Waals surface area contributed by atoms with Crippen LogP contribution in [0.4, 0.5) is 4.39 Å². The molecule has 0 amide bonds. The molecule has 4 aromatic rings. The van der Waals surface area contributed by atoms with E-state index < -0.39 is 5.82 Å². The van der Waals surface area contributed by atoms with Crippen LogP contribution in [0.5, 0.6) is 11.5 Å². The number of nitrogens with one attached hydrogen (secondary N) is 2. The second kappa shape index (κ2) is 10.4. The number of hydrogen-bond acceptors (Lipinski definition) is 5. The van der Waals surface area contributed by atoms with Crippen molar-refractivity contribution in [1.82, 2.24) is 14.9 Å². The number of rotatable bonds is 8. The fraction of sp³-hybridized carbons (Fsp3) is 0.130. The van der Waals surface area contributed by atoms with Crippen LogP contribution in [-0.4, -0.2) is 22.0 Å². The van der Waals surface area contributed by atoms with Crippen molar-refractivity contribution in [2.75, 3.05) is 12.5 Å². The van der Waals surface area contributed by atoms with Gasteiger partial charge in [0, 0.05) is 15.6 Å². The summed E-state index contributed by atoms with van der Waals surface area (Å²) in [4.78, 5) is 0. The van der Waals surface area contributed by atoms with Crippen LogP contribution in [0.25, 0.3) is 11.4 Å². The van der Waals surface area contributed by atoms with E-state index >= 15 is 0 Å². The Labute approximate surface area is 208 Å². The van der Waals surface area contributed by atoms with Crippen LogP contribution in [0.2, 0.25) is 5.02 Å². The summed E-state index contributed by atoms with van der Waals surface area (Å²) in [6, 6.07) is 17.8. The Morgan fingerprint density at radius 2 is 1.94 bits per heavy atom. The lowest BCUT2D eigenvalue weighted by Gasteiger charge is -2.16. The van der Waals surface area contributed by atoms with Crippen molar-refractivity contribution >= 4 is 39.7 Å². The highest BCUT2D eigenvalue weighted by atomic mass is 79.9. The van der Waals surface area contributed by atoms with Crippen molar-refractivity contribution in [3.05, 3.63) is 91.9 Å². The Morgan fingerprint density at radius 1 is 1.15 bits per heavy atom. The molecule has 0 unspecified atom stereocenters. The Hall–Kier alpha value is -2.88. The van der Waals surface area contributed by atoms with Crippen LogP contribution in [-0.2, 0) is 13.2 Å². The average molecular weight is 550 g/mol. The molecule has 0 saturated carbocycles. The quantitative estimate of drug-likeness (QED) is 0.246. The van der Waals surface area contributed by atoms with Gasteiger partial charge in [-0.1, -0.05) is 63.9 Å². The molecule has 0 fully saturated rings. The van der Waals surface area contributed by atoms with Crippen LogP contribution in [0.15, 0.2) is 65.1 Å². The molecule has 0 bridgehead atoms. The zero-order valence-electron chi connectivity index (χ0n) is 17.4. The summed E-state index contributed by atoms with van der Waals surface area (Å²) in [6.45, 7) is 0.389. The number of benzene rings is 3. The molecule has 0 radical (unpaired) electrons. The van der Waals surface area contributed by atoms with Gasteiger partial charge in [-0.2, -0.15) is 5.10 Å². The largest absolute Gasteiger partial charge is 0.493 e. The van der Waals surface area contributed by atoms with Crippen LogP contribution >= 0.6 is 39.7 Å². The highest BCUT2D eigenvalue weighted by Crippen LogP contribution is 2.35. The molecule has 0 aliphatic heterocycles. The van der Waals surface area contributed by atoms with Crippen molar-refractivity contribution in [2.45, 2.75) is 13.2 Å². The minimum absolute atomic E-state index is 0.0312. The van der Waals surface area contributed by atoms with Gasteiger partial charge in [-0.15, -0.1) is 0 Å². The summed E-state index contributed by atoms with van der Waals surface area (Å²) in [5.74, 6) is 1.21. The van der Waals surface area contributed by atoms with Gasteiger partial charge in [-0.3, -0.25) is 0 Å². The molecule has 1 aromatic heterocycles. The molecule has 10 heteroatoms. The SMILES string of the molecule is COc1cc(CNn2c(-c3ccccc3)n[nH]c2=S)c(Br)cc1OCc1c(F)cccc1Cl. The smallest absolute Gasteiger partial charge is 0.214 e. The molecule has 0 spiro atoms. The summed E-state index contributed by atoms with van der Waals surface area (Å²) in [7, 11) is 1.54. The number of ether oxygens (including phenoxy) is 2. The standard InChI is InChI=1S/C23H19BrClFN4O2S/c1-31-20-10-15(12-27-30-22(28-29-23(30)33)14-6-3-2-4-7-14)17(24)11-21(20)32-13-16-18(25)8-5-9-19(16)26/h2-11,27H,12-13H2,1H3,(H,29,33). The number of H-pyrrole nitrogens is 1. The monoisotopic (exact) mass is 548 g/mol. The molecule has 1 heterocycles. The van der Waals surface area contributed by atoms with Gasteiger partial charge >= 0.3 is 0 Å². The number of aromatic amines is 1. The van der Waals surface area contributed by atoms with Gasteiger partial charge in [0.2, 0.25) is 4.77 Å². The van der Waals surface area contributed by atoms with Crippen molar-refractivity contribution in [2.24, 2.45) is 0 Å². The normalized spacial score (nSPS) is 10.8. The predicted molar refractivity (Wildman–Crippen MR) is 132 cm³/mol. The second-order valence-corrected chi connectivity index (χ2v) is 8.62. The summed E-state index contributed by atoms with van der Waals surface area (Å²) in [5.41, 5.74) is 5.38. The Bertz CT molecular complexity index is 1310. The molecular weight excluding hydrogens is 531 g/mol. The van der Waals surface area contributed by atoms with Gasteiger partial charge in [-0.05, 0) is 42.0 Å². The summed E-state index contributed by atoms with van der Waals surface area (Å²) < 4.78 is 28.3. The fourth-order valence-electron chi connectivity index (χ4n) is 3.19. The molecule has 0 atom stereocenters. The zero-order valence-corrected chi connectivity index (χ0v) is 20.6. The lowest BCUT2D eigenvalue weighted by molar-refractivity contribution is 0.279. The van der Waals surface area contributed by atoms with Gasteiger partial charge in [0.15, 0.2) is 17.3 Å². The van der Waals surface area contributed by atoms with Crippen molar-refractivity contribution in [1.29, 1.82) is 0 Å². The first-order chi connectivity index (χ1) is 16.0. The minimum Gasteiger partial charge on any atom is -0.493 e. The van der Waals surface area contributed by atoms with Crippen LogP contribution in [0.1, 0.15) is 11.1 Å². The zero-order chi connectivity index (χ0) is 23.4. The second-order valence-electron chi connectivity index (χ2n) is 6.97. The Kier molecular flexibility index (Phi) is 7.32. The third-order valence-electron chi connectivity index (χ3n) is 4.90. The number of aromatic nitrogens is 3. The van der Waals surface area contributed by atoms with Crippen molar-refractivity contribution in [3.63, 3.8) is 0 Å². The molecule has 0 aliphatic carbocycles. The summed E-state index contributed by atoms with van der Waals surface area (Å²) in [5, 5.41) is 7.44. The summed E-state index contributed by atoms with van der Waals surface area (Å²) >= 11 is 15.1. The van der Waals surface area contributed by atoms with Crippen molar-refractivity contribution in [3.8, 4) is 22.9 Å². The third kappa shape index (κ3) is 5.21. The molecule has 4 rings (SSSR count). The first-order valence-electron chi connectivity index (χ1n) is 9.86. The average Bonchev–Trinajstić information content (AvgIpc) is 3.19. The number of hydrogen-bond donors (Lipinski definition) is 2. The third-order valence-corrected chi connectivity index (χ3v) is 6.26. The van der Waals surface area contributed by atoms with Crippen LogP contribution < -0.4 is 14.9 Å². The van der Waals surface area contributed by atoms with E-state index in [0.717, 1.165) is 15.6 Å². The van der Waals surface area contributed by atoms with E-state index in [0.29, 0.717) is 33.7 Å². The van der Waals surface area contributed by atoms with E-state index in [1.807, 2.05) is 36.4 Å². The Morgan fingerprint density at radius 3 is 2.67 bits per heavy atom. The number of nitrogens with zero attached hydrogens (tertiary/aromatic N) is 2. The topological polar surface area (TPSA) is 64.1 Å². The fourth-order valence-corrected chi connectivity index (χ4v) is 4.07. The number of methoxy groups -OCH3 is 1. The first kappa shape index (κ1) is 23.3. The van der Waals surface area contributed by atoms with E-state index in [1.54, 1.807) is 30.0 Å². The van der Waals surface area contributed by atoms with Gasteiger partial charge in [0.25, 0.3) is 0 Å². The number of halogens is 3. The molecule has 33 heavy (non-hydrogen) atoms. The molecule has 0 aliphatic rings. The van der Waals surface area contributed by atoms with E-state index in [4.69, 9.17) is 33.3 Å². The van der Waals surface area contributed by atoms with Gasteiger partial charge < -0.3 is 14.9 Å². The van der Waals surface area contributed by atoms with E-state index in [-0.39, 0.29) is 12.2 Å². The predicted octanol–water partition coefficient (Wildman–Crippen LogP) is 6.49. The lowest BCUT2D eigenvalue weighted by atomic mass is 10.2. The van der Waals surface area contributed by atoms with Crippen molar-refractivity contribution < 1.29 is 13.9 Å². The maximum absolute atomic E-state index is 14.1. The molecule has 170 valence electrons. The highest BCUT2D eigenvalue weighted by molar-refractivity contribution is 9.10. The highest BCUT2D eigenvalue weighted by Gasteiger charge is 2.14. The van der Waals surface area contributed by atoms with E-state index in [1.165, 1.54) is 6.07 Å². The van der Waals surface area contributed by atoms with E-state index in [9.17, 15) is 4.39 Å². The van der Waals surface area contributed by atoms with Gasteiger partial charge in [0.05, 0.1) is 18.7 Å². The van der Waals surface area contributed by atoms with E-state index in [2.05, 4.69) is 31.6 Å². The molecule has 3 aromatic carbocycles. The minimum atomic E-state index is -0.424. The van der Waals surface area contributed by atoms with Crippen LogP contribution in [0.3, 0.4) is 0 Å². The maximum atomic E-state index is 14.1. The van der Waals surface area contributed by atoms with Crippen LogP contribution in [0, 0.1) is 10.6 Å². The molecule has 2 N–H and O–H groups in total. The van der Waals surface area contributed by atoms with Gasteiger partial charge in [-0.25, -0.2) is 14.2 Å². The molecular formula is C23H19BrClFN4O2S. The lowest BCUT2D eigenvalue weighted by Crippen LogP contribution is -2.16. The Balaban J connectivity index is 1.54. The summed E-state index contributed by atoms with van der Waals surface area (Å²) in [6.07, 6.45) is 0.